The molecule has 1 atom stereocenters. The number of aryl methyl sites for hydroxylation is 1. The van der Waals surface area contributed by atoms with Crippen LogP contribution in [-0.2, 0) is 6.42 Å². The minimum atomic E-state index is 0.341. The minimum Gasteiger partial charge on any atom is -0.389 e. The minimum absolute atomic E-state index is 0.341. The van der Waals surface area contributed by atoms with Crippen LogP contribution < -0.4 is 11.1 Å². The monoisotopic (exact) mass is 290 g/mol. The zero-order valence-electron chi connectivity index (χ0n) is 11.1. The van der Waals surface area contributed by atoms with Gasteiger partial charge in [0.15, 0.2) is 0 Å². The highest BCUT2D eigenvalue weighted by molar-refractivity contribution is 7.80. The molecule has 0 aliphatic heterocycles. The summed E-state index contributed by atoms with van der Waals surface area (Å²) in [5, 5.41) is 3.49. The largest absolute Gasteiger partial charge is 0.389 e. The molecule has 1 unspecified atom stereocenters. The molecule has 0 saturated heterocycles. The Hall–Kier alpha value is -1.39. The van der Waals surface area contributed by atoms with Crippen LogP contribution in [0.2, 0.25) is 0 Å². The second kappa shape index (κ2) is 6.17. The summed E-state index contributed by atoms with van der Waals surface area (Å²) in [5.41, 5.74) is 7.66. The normalized spacial score (nSPS) is 12.1. The molecule has 4 heteroatoms. The van der Waals surface area contributed by atoms with Gasteiger partial charge in [0, 0.05) is 33.5 Å². The molecule has 0 spiro atoms. The molecule has 3 N–H and O–H groups in total. The number of nitrogens with two attached hydrogens (primary N) is 1. The van der Waals surface area contributed by atoms with Crippen molar-refractivity contribution in [3.63, 3.8) is 0 Å². The van der Waals surface area contributed by atoms with Gasteiger partial charge in [0.1, 0.15) is 4.99 Å². The lowest BCUT2D eigenvalue weighted by Gasteiger charge is -2.17. The summed E-state index contributed by atoms with van der Waals surface area (Å²) in [7, 11) is 0. The van der Waals surface area contributed by atoms with Crippen molar-refractivity contribution in [1.82, 2.24) is 0 Å². The summed E-state index contributed by atoms with van der Waals surface area (Å²) in [4.78, 5) is 3.18. The number of benzene rings is 1. The molecule has 2 rings (SSSR count). The molecular formula is C15H18N2S2. The van der Waals surface area contributed by atoms with E-state index < -0.39 is 0 Å². The lowest BCUT2D eigenvalue weighted by molar-refractivity contribution is 0.800. The molecule has 0 aliphatic carbocycles. The van der Waals surface area contributed by atoms with E-state index in [4.69, 9.17) is 18.0 Å². The average molecular weight is 290 g/mol. The number of thiocarbonyl (C=S) groups is 1. The predicted octanol–water partition coefficient (Wildman–Crippen LogP) is 3.73. The van der Waals surface area contributed by atoms with Crippen LogP contribution in [0.1, 0.15) is 22.2 Å². The highest BCUT2D eigenvalue weighted by Gasteiger charge is 2.09. The van der Waals surface area contributed by atoms with Crippen molar-refractivity contribution in [2.75, 3.05) is 5.32 Å². The van der Waals surface area contributed by atoms with Crippen LogP contribution in [0.3, 0.4) is 0 Å². The Kier molecular flexibility index (Phi) is 4.56. The van der Waals surface area contributed by atoms with E-state index in [1.165, 1.54) is 9.75 Å². The zero-order chi connectivity index (χ0) is 13.8. The highest BCUT2D eigenvalue weighted by atomic mass is 32.1. The van der Waals surface area contributed by atoms with Gasteiger partial charge in [0.05, 0.1) is 0 Å². The summed E-state index contributed by atoms with van der Waals surface area (Å²) >= 11 is 6.92. The Balaban J connectivity index is 2.06. The maximum Gasteiger partial charge on any atom is 0.106 e. The van der Waals surface area contributed by atoms with Gasteiger partial charge >= 0.3 is 0 Å². The maximum atomic E-state index is 5.74. The highest BCUT2D eigenvalue weighted by Crippen LogP contribution is 2.20. The third kappa shape index (κ3) is 3.78. The molecule has 2 nitrogen and oxygen atoms in total. The molecule has 0 aliphatic rings. The lowest BCUT2D eigenvalue weighted by Crippen LogP contribution is -2.21. The number of thiophene rings is 1. The number of anilines is 1. The van der Waals surface area contributed by atoms with Gasteiger partial charge in [0.25, 0.3) is 0 Å². The summed E-state index contributed by atoms with van der Waals surface area (Å²) in [5.74, 6) is 0. The summed E-state index contributed by atoms with van der Waals surface area (Å²) in [6.45, 7) is 4.31. The van der Waals surface area contributed by atoms with E-state index in [2.05, 4.69) is 31.3 Å². The van der Waals surface area contributed by atoms with Crippen LogP contribution in [0, 0.1) is 6.92 Å². The molecule has 1 heterocycles. The number of para-hydroxylation sites is 1. The van der Waals surface area contributed by atoms with Crippen molar-refractivity contribution in [2.24, 2.45) is 5.73 Å². The average Bonchev–Trinajstić information content (AvgIpc) is 2.75. The van der Waals surface area contributed by atoms with E-state index in [9.17, 15) is 0 Å². The van der Waals surface area contributed by atoms with Crippen LogP contribution in [0.25, 0.3) is 0 Å². The second-order valence-corrected chi connectivity index (χ2v) is 6.48. The fourth-order valence-electron chi connectivity index (χ4n) is 2.04. The third-order valence-corrected chi connectivity index (χ3v) is 4.14. The van der Waals surface area contributed by atoms with Gasteiger partial charge < -0.3 is 11.1 Å². The first-order valence-electron chi connectivity index (χ1n) is 6.27. The van der Waals surface area contributed by atoms with Crippen molar-refractivity contribution < 1.29 is 0 Å². The molecule has 1 aromatic carbocycles. The van der Waals surface area contributed by atoms with Crippen molar-refractivity contribution in [3.8, 4) is 0 Å². The molecule has 0 fully saturated rings. The number of hydrogen-bond acceptors (Lipinski definition) is 3. The zero-order valence-corrected chi connectivity index (χ0v) is 12.8. The third-order valence-electron chi connectivity index (χ3n) is 2.90. The van der Waals surface area contributed by atoms with Crippen LogP contribution in [0.4, 0.5) is 5.69 Å². The number of rotatable bonds is 5. The number of hydrogen-bond donors (Lipinski definition) is 2. The predicted molar refractivity (Wildman–Crippen MR) is 88.2 cm³/mol. The van der Waals surface area contributed by atoms with Crippen LogP contribution >= 0.6 is 23.6 Å². The first-order valence-corrected chi connectivity index (χ1v) is 7.49. The molecule has 2 aromatic rings. The van der Waals surface area contributed by atoms with Gasteiger partial charge in [-0.3, -0.25) is 0 Å². The standard InChI is InChI=1S/C15H18N2S2/c1-10(9-12-8-7-11(2)19-12)17-14-6-4-3-5-13(14)15(16)18/h3-8,10,17H,9H2,1-2H3,(H2,16,18). The Morgan fingerprint density at radius 2 is 2.05 bits per heavy atom. The van der Waals surface area contributed by atoms with E-state index in [-0.39, 0.29) is 0 Å². The topological polar surface area (TPSA) is 38.0 Å². The van der Waals surface area contributed by atoms with Crippen molar-refractivity contribution in [3.05, 3.63) is 51.7 Å². The van der Waals surface area contributed by atoms with Gasteiger partial charge in [0.2, 0.25) is 0 Å². The Bertz CT molecular complexity index is 575. The first kappa shape index (κ1) is 14.0. The van der Waals surface area contributed by atoms with E-state index in [0.29, 0.717) is 11.0 Å². The van der Waals surface area contributed by atoms with Crippen molar-refractivity contribution in [2.45, 2.75) is 26.3 Å². The molecular weight excluding hydrogens is 272 g/mol. The van der Waals surface area contributed by atoms with E-state index in [0.717, 1.165) is 17.7 Å². The van der Waals surface area contributed by atoms with E-state index in [1.807, 2.05) is 35.6 Å². The van der Waals surface area contributed by atoms with Crippen LogP contribution in [0.15, 0.2) is 36.4 Å². The van der Waals surface area contributed by atoms with Gasteiger partial charge in [-0.2, -0.15) is 0 Å². The summed E-state index contributed by atoms with van der Waals surface area (Å²) in [6, 6.07) is 12.6. The van der Waals surface area contributed by atoms with Crippen molar-refractivity contribution >= 4 is 34.2 Å². The quantitative estimate of drug-likeness (QED) is 0.824. The van der Waals surface area contributed by atoms with E-state index in [1.54, 1.807) is 0 Å². The summed E-state index contributed by atoms with van der Waals surface area (Å²) < 4.78 is 0. The SMILES string of the molecule is Cc1ccc(CC(C)Nc2ccccc2C(N)=S)s1. The molecule has 1 aromatic heterocycles. The molecule has 100 valence electrons. The van der Waals surface area contributed by atoms with Crippen LogP contribution in [0.5, 0.6) is 0 Å². The fraction of sp³-hybridized carbons (Fsp3) is 0.267. The first-order chi connectivity index (χ1) is 9.06. The Morgan fingerprint density at radius 1 is 1.32 bits per heavy atom. The molecule has 0 amide bonds. The lowest BCUT2D eigenvalue weighted by atomic mass is 10.1. The van der Waals surface area contributed by atoms with Crippen LogP contribution in [-0.4, -0.2) is 11.0 Å². The molecule has 0 saturated carbocycles. The summed E-state index contributed by atoms with van der Waals surface area (Å²) in [6.07, 6.45) is 1.00. The molecule has 0 bridgehead atoms. The molecule has 19 heavy (non-hydrogen) atoms. The van der Waals surface area contributed by atoms with Gasteiger partial charge in [-0.15, -0.1) is 11.3 Å². The van der Waals surface area contributed by atoms with Gasteiger partial charge in [-0.05, 0) is 38.1 Å². The Labute approximate surface area is 123 Å². The number of nitrogens with one attached hydrogen (secondary N) is 1. The maximum absolute atomic E-state index is 5.74. The fourth-order valence-corrected chi connectivity index (χ4v) is 3.23. The second-order valence-electron chi connectivity index (χ2n) is 4.67. The van der Waals surface area contributed by atoms with Crippen molar-refractivity contribution in [1.29, 1.82) is 0 Å². The van der Waals surface area contributed by atoms with Gasteiger partial charge in [-0.1, -0.05) is 24.4 Å². The van der Waals surface area contributed by atoms with E-state index >= 15 is 0 Å². The smallest absolute Gasteiger partial charge is 0.106 e. The Morgan fingerprint density at radius 3 is 2.68 bits per heavy atom. The molecule has 0 radical (unpaired) electrons. The van der Waals surface area contributed by atoms with Gasteiger partial charge in [-0.25, -0.2) is 0 Å².